The Morgan fingerprint density at radius 1 is 1.06 bits per heavy atom. The van der Waals surface area contributed by atoms with E-state index >= 15 is 0 Å². The van der Waals surface area contributed by atoms with Gasteiger partial charge in [-0.05, 0) is 61.7 Å². The molecule has 1 fully saturated rings. The van der Waals surface area contributed by atoms with Crippen molar-refractivity contribution in [2.24, 2.45) is 0 Å². The Labute approximate surface area is 201 Å². The van der Waals surface area contributed by atoms with E-state index in [0.717, 1.165) is 31.2 Å². The van der Waals surface area contributed by atoms with Crippen molar-refractivity contribution in [3.05, 3.63) is 71.6 Å². The number of halogens is 2. The normalized spacial score (nSPS) is 15.1. The smallest absolute Gasteiger partial charge is 0.277 e. The first-order chi connectivity index (χ1) is 16.5. The second-order valence-electron chi connectivity index (χ2n) is 8.35. The van der Waals surface area contributed by atoms with Gasteiger partial charge in [0.15, 0.2) is 6.10 Å². The molecule has 1 amide bonds. The molecule has 1 aromatic heterocycles. The molecule has 34 heavy (non-hydrogen) atoms. The maximum absolute atomic E-state index is 13.3. The van der Waals surface area contributed by atoms with Crippen LogP contribution in [0.4, 0.5) is 8.78 Å². The Morgan fingerprint density at radius 2 is 1.71 bits per heavy atom. The molecule has 3 aromatic rings. The topological polar surface area (TPSA) is 68.5 Å². The van der Waals surface area contributed by atoms with Crippen molar-refractivity contribution in [2.45, 2.75) is 62.9 Å². The van der Waals surface area contributed by atoms with E-state index < -0.39 is 6.10 Å². The molecule has 0 radical (unpaired) electrons. The van der Waals surface area contributed by atoms with Crippen LogP contribution in [-0.2, 0) is 11.3 Å². The highest BCUT2D eigenvalue weighted by molar-refractivity contribution is 7.99. The summed E-state index contributed by atoms with van der Waals surface area (Å²) in [5.41, 5.74) is 0.900. The van der Waals surface area contributed by atoms with Gasteiger partial charge in [0.25, 0.3) is 11.1 Å². The molecule has 1 saturated carbocycles. The highest BCUT2D eigenvalue weighted by atomic mass is 32.2. The summed E-state index contributed by atoms with van der Waals surface area (Å²) in [5.74, 6) is 0.265. The monoisotopic (exact) mass is 487 g/mol. The minimum Gasteiger partial charge on any atom is -0.481 e. The largest absolute Gasteiger partial charge is 0.481 e. The number of nitrogens with zero attached hydrogens (tertiary/aromatic N) is 3. The zero-order chi connectivity index (χ0) is 23.9. The molecule has 6 nitrogen and oxygen atoms in total. The summed E-state index contributed by atoms with van der Waals surface area (Å²) in [6.45, 7) is 2.20. The lowest BCUT2D eigenvalue weighted by Gasteiger charge is -2.34. The molecule has 4 rings (SSSR count). The van der Waals surface area contributed by atoms with Gasteiger partial charge in [0, 0.05) is 12.6 Å². The molecular weight excluding hydrogens is 460 g/mol. The zero-order valence-electron chi connectivity index (χ0n) is 19.0. The summed E-state index contributed by atoms with van der Waals surface area (Å²) >= 11 is 1.18. The highest BCUT2D eigenvalue weighted by Gasteiger charge is 2.26. The van der Waals surface area contributed by atoms with Gasteiger partial charge in [-0.2, -0.15) is 0 Å². The van der Waals surface area contributed by atoms with Crippen LogP contribution in [0.3, 0.4) is 0 Å². The molecule has 0 aliphatic heterocycles. The van der Waals surface area contributed by atoms with E-state index in [-0.39, 0.29) is 40.4 Å². The van der Waals surface area contributed by atoms with Crippen LogP contribution in [0.5, 0.6) is 5.75 Å². The first kappa shape index (κ1) is 24.2. The number of aromatic nitrogens is 2. The first-order valence-corrected chi connectivity index (χ1v) is 12.4. The Hall–Kier alpha value is -2.94. The van der Waals surface area contributed by atoms with Crippen LogP contribution in [0.2, 0.25) is 0 Å². The average Bonchev–Trinajstić information content (AvgIpc) is 3.33. The van der Waals surface area contributed by atoms with E-state index in [0.29, 0.717) is 12.3 Å². The summed E-state index contributed by atoms with van der Waals surface area (Å²) in [5, 5.41) is 8.33. The maximum atomic E-state index is 13.3. The molecular formula is C25H27F2N3O3S. The van der Waals surface area contributed by atoms with Gasteiger partial charge in [-0.1, -0.05) is 43.2 Å². The van der Waals surface area contributed by atoms with Crippen molar-refractivity contribution in [1.82, 2.24) is 15.1 Å². The van der Waals surface area contributed by atoms with Crippen molar-refractivity contribution < 1.29 is 22.7 Å². The van der Waals surface area contributed by atoms with E-state index in [4.69, 9.17) is 9.15 Å². The minimum absolute atomic E-state index is 0.0171. The summed E-state index contributed by atoms with van der Waals surface area (Å²) in [4.78, 5) is 15.1. The van der Waals surface area contributed by atoms with Crippen LogP contribution in [0.1, 0.15) is 56.6 Å². The fourth-order valence-corrected chi connectivity index (χ4v) is 4.67. The van der Waals surface area contributed by atoms with E-state index in [9.17, 15) is 13.6 Å². The van der Waals surface area contributed by atoms with Gasteiger partial charge in [-0.3, -0.25) is 4.79 Å². The number of carbonyl (C=O) groups excluding carboxylic acids is 1. The molecule has 0 saturated heterocycles. The number of amides is 1. The summed E-state index contributed by atoms with van der Waals surface area (Å²) in [7, 11) is 0. The van der Waals surface area contributed by atoms with Gasteiger partial charge in [0.1, 0.15) is 17.4 Å². The number of carbonyl (C=O) groups is 1. The van der Waals surface area contributed by atoms with Crippen LogP contribution >= 0.6 is 11.8 Å². The van der Waals surface area contributed by atoms with Crippen LogP contribution < -0.4 is 4.74 Å². The van der Waals surface area contributed by atoms with Gasteiger partial charge < -0.3 is 14.1 Å². The molecule has 2 aromatic carbocycles. The van der Waals surface area contributed by atoms with Crippen LogP contribution in [0.15, 0.2) is 58.2 Å². The van der Waals surface area contributed by atoms with Gasteiger partial charge in [-0.25, -0.2) is 8.78 Å². The second-order valence-corrected chi connectivity index (χ2v) is 9.28. The molecule has 1 unspecified atom stereocenters. The molecule has 1 heterocycles. The van der Waals surface area contributed by atoms with Gasteiger partial charge in [0.05, 0.1) is 5.75 Å². The molecule has 0 bridgehead atoms. The minimum atomic E-state index is -0.528. The van der Waals surface area contributed by atoms with Crippen LogP contribution in [0.25, 0.3) is 0 Å². The lowest BCUT2D eigenvalue weighted by atomic mass is 9.94. The van der Waals surface area contributed by atoms with E-state index in [1.54, 1.807) is 19.1 Å². The van der Waals surface area contributed by atoms with E-state index in [1.807, 2.05) is 4.90 Å². The van der Waals surface area contributed by atoms with Crippen molar-refractivity contribution in [2.75, 3.05) is 5.75 Å². The number of thioether (sulfide) groups is 1. The van der Waals surface area contributed by atoms with Crippen molar-refractivity contribution in [1.29, 1.82) is 0 Å². The standard InChI is InChI=1S/C25H27F2N3O3S/c1-17(32-22-13-11-20(27)12-14-22)24-28-29-25(33-24)34-16-23(31)30(21-5-3-2-4-6-21)15-18-7-9-19(26)10-8-18/h7-14,17,21H,2-6,15-16H2,1H3. The van der Waals surface area contributed by atoms with Crippen LogP contribution in [-0.4, -0.2) is 32.8 Å². The number of hydrogen-bond donors (Lipinski definition) is 0. The molecule has 9 heteroatoms. The third kappa shape index (κ3) is 6.56. The molecule has 0 N–H and O–H groups in total. The lowest BCUT2D eigenvalue weighted by Crippen LogP contribution is -2.41. The number of ether oxygens (including phenoxy) is 1. The molecule has 0 spiro atoms. The predicted molar refractivity (Wildman–Crippen MR) is 124 cm³/mol. The zero-order valence-corrected chi connectivity index (χ0v) is 19.8. The third-order valence-electron chi connectivity index (χ3n) is 5.82. The molecule has 1 atom stereocenters. The molecule has 1 aliphatic carbocycles. The molecule has 180 valence electrons. The van der Waals surface area contributed by atoms with E-state index in [1.165, 1.54) is 54.6 Å². The van der Waals surface area contributed by atoms with Crippen LogP contribution in [0, 0.1) is 11.6 Å². The quantitative estimate of drug-likeness (QED) is 0.348. The van der Waals surface area contributed by atoms with Crippen molar-refractivity contribution in [3.63, 3.8) is 0 Å². The van der Waals surface area contributed by atoms with E-state index in [2.05, 4.69) is 10.2 Å². The number of hydrogen-bond acceptors (Lipinski definition) is 6. The fraction of sp³-hybridized carbons (Fsp3) is 0.400. The fourth-order valence-electron chi connectivity index (χ4n) is 4.02. The van der Waals surface area contributed by atoms with Gasteiger partial charge >= 0.3 is 0 Å². The highest BCUT2D eigenvalue weighted by Crippen LogP contribution is 2.27. The average molecular weight is 488 g/mol. The first-order valence-electron chi connectivity index (χ1n) is 11.4. The number of benzene rings is 2. The maximum Gasteiger partial charge on any atom is 0.277 e. The Kier molecular flexibility index (Phi) is 8.16. The Balaban J connectivity index is 1.36. The lowest BCUT2D eigenvalue weighted by molar-refractivity contribution is -0.132. The van der Waals surface area contributed by atoms with Gasteiger partial charge in [-0.15, -0.1) is 10.2 Å². The third-order valence-corrected chi connectivity index (χ3v) is 6.62. The summed E-state index contributed by atoms with van der Waals surface area (Å²) in [6.07, 6.45) is 4.81. The Bertz CT molecular complexity index is 1070. The number of rotatable bonds is 9. The second kappa shape index (κ2) is 11.5. The van der Waals surface area contributed by atoms with Crippen molar-refractivity contribution >= 4 is 17.7 Å². The van der Waals surface area contributed by atoms with Crippen molar-refractivity contribution in [3.8, 4) is 5.75 Å². The summed E-state index contributed by atoms with van der Waals surface area (Å²) < 4.78 is 37.8. The predicted octanol–water partition coefficient (Wildman–Crippen LogP) is 5.94. The summed E-state index contributed by atoms with van der Waals surface area (Å²) in [6, 6.07) is 12.1. The van der Waals surface area contributed by atoms with Gasteiger partial charge in [0.2, 0.25) is 5.91 Å². The SMILES string of the molecule is CC(Oc1ccc(F)cc1)c1nnc(SCC(=O)N(Cc2ccc(F)cc2)C2CCCCC2)o1. The molecule has 1 aliphatic rings. The Morgan fingerprint density at radius 3 is 2.38 bits per heavy atom.